The van der Waals surface area contributed by atoms with E-state index in [1.54, 1.807) is 30.3 Å². The van der Waals surface area contributed by atoms with E-state index in [-0.39, 0.29) is 11.5 Å². The molecule has 0 saturated heterocycles. The molecule has 2 rings (SSSR count). The number of para-hydroxylation sites is 1. The van der Waals surface area contributed by atoms with Gasteiger partial charge in [0.1, 0.15) is 11.5 Å². The molecule has 0 spiro atoms. The highest BCUT2D eigenvalue weighted by Crippen LogP contribution is 2.22. The van der Waals surface area contributed by atoms with Crippen LogP contribution in [0.2, 0.25) is 0 Å². The Balaban J connectivity index is 2.06. The van der Waals surface area contributed by atoms with Crippen molar-refractivity contribution >= 4 is 15.9 Å². The molecule has 0 unspecified atom stereocenters. The average molecular weight is 327 g/mol. The monoisotopic (exact) mass is 326 g/mol. The van der Waals surface area contributed by atoms with Gasteiger partial charge in [-0.3, -0.25) is 0 Å². The molecule has 2 nitrogen and oxygen atoms in total. The largest absolute Gasteiger partial charge is 0.427 e. The summed E-state index contributed by atoms with van der Waals surface area (Å²) in [6, 6.07) is 11.5. The molecule has 19 heavy (non-hydrogen) atoms. The van der Waals surface area contributed by atoms with Crippen molar-refractivity contribution < 1.29 is 18.3 Å². The first kappa shape index (κ1) is 13.5. The van der Waals surface area contributed by atoms with Gasteiger partial charge in [0.05, 0.1) is 0 Å². The molecule has 0 amide bonds. The smallest absolute Gasteiger partial charge is 0.352 e. The molecule has 0 aliphatic heterocycles. The third-order valence-corrected chi connectivity index (χ3v) is 2.65. The molecule has 0 atom stereocenters. The number of halogens is 3. The zero-order valence-corrected chi connectivity index (χ0v) is 11.2. The van der Waals surface area contributed by atoms with Gasteiger partial charge in [-0.2, -0.15) is 8.78 Å². The number of benzene rings is 2. The van der Waals surface area contributed by atoms with E-state index < -0.39 is 12.0 Å². The molecule has 0 radical (unpaired) electrons. The highest BCUT2D eigenvalue weighted by molar-refractivity contribution is 9.10. The molecule has 0 fully saturated rings. The summed E-state index contributed by atoms with van der Waals surface area (Å²) in [5.74, 6) is 0.363. The second-order valence-corrected chi connectivity index (χ2v) is 4.43. The van der Waals surface area contributed by atoms with Gasteiger partial charge in [0, 0.05) is 4.47 Å². The fraction of sp³-hybridized carbons (Fsp3) is 0. The van der Waals surface area contributed by atoms with E-state index in [9.17, 15) is 8.78 Å². The zero-order chi connectivity index (χ0) is 13.7. The highest BCUT2D eigenvalue weighted by Gasteiger charge is 2.11. The van der Waals surface area contributed by atoms with Gasteiger partial charge in [0.25, 0.3) is 0 Å². The lowest BCUT2D eigenvalue weighted by molar-refractivity contribution is 0.203. The van der Waals surface area contributed by atoms with Gasteiger partial charge in [-0.25, -0.2) is 0 Å². The lowest BCUT2D eigenvalue weighted by Gasteiger charge is -2.05. The van der Waals surface area contributed by atoms with Crippen LogP contribution in [0.4, 0.5) is 8.78 Å². The summed E-state index contributed by atoms with van der Waals surface area (Å²) in [7, 11) is 0. The number of rotatable bonds is 4. The Morgan fingerprint density at radius 1 is 0.737 bits per heavy atom. The Morgan fingerprint density at radius 3 is 1.74 bits per heavy atom. The Bertz CT molecular complexity index is 568. The Labute approximate surface area is 117 Å². The van der Waals surface area contributed by atoms with Gasteiger partial charge in [-0.05, 0) is 36.4 Å². The van der Waals surface area contributed by atoms with E-state index in [4.69, 9.17) is 4.74 Å². The van der Waals surface area contributed by atoms with E-state index in [0.717, 1.165) is 4.47 Å². The first-order chi connectivity index (χ1) is 9.15. The Kier molecular flexibility index (Phi) is 4.52. The summed E-state index contributed by atoms with van der Waals surface area (Å²) in [6.45, 7) is 0. The van der Waals surface area contributed by atoms with Crippen molar-refractivity contribution in [1.82, 2.24) is 0 Å². The van der Waals surface area contributed by atoms with Gasteiger partial charge in [-0.15, -0.1) is 0 Å². The van der Waals surface area contributed by atoms with E-state index in [1.165, 1.54) is 24.3 Å². The van der Waals surface area contributed by atoms with Gasteiger partial charge in [0.15, 0.2) is 0 Å². The molecule has 0 heterocycles. The van der Waals surface area contributed by atoms with E-state index in [0.29, 0.717) is 0 Å². The summed E-state index contributed by atoms with van der Waals surface area (Å²) in [5, 5.41) is 0. The Hall–Kier alpha value is -1.88. The summed E-state index contributed by atoms with van der Waals surface area (Å²) >= 11 is 3.22. The van der Waals surface area contributed by atoms with Crippen LogP contribution < -0.4 is 9.47 Å². The van der Waals surface area contributed by atoms with Crippen molar-refractivity contribution in [3.8, 4) is 11.5 Å². The third kappa shape index (κ3) is 4.06. The molecule has 0 aliphatic rings. The first-order valence-electron chi connectivity index (χ1n) is 5.37. The van der Waals surface area contributed by atoms with Crippen molar-refractivity contribution in [2.75, 3.05) is 0 Å². The van der Waals surface area contributed by atoms with Crippen LogP contribution in [0.25, 0.3) is 0 Å². The van der Waals surface area contributed by atoms with Crippen molar-refractivity contribution in [2.24, 2.45) is 0 Å². The van der Waals surface area contributed by atoms with E-state index in [1.807, 2.05) is 0 Å². The molecule has 0 saturated carbocycles. The van der Waals surface area contributed by atoms with E-state index in [2.05, 4.69) is 20.7 Å². The van der Waals surface area contributed by atoms with Crippen molar-refractivity contribution in [3.05, 3.63) is 71.1 Å². The lowest BCUT2D eigenvalue weighted by atomic mass is 10.3. The number of hydrogen-bond donors (Lipinski definition) is 0. The molecule has 2 aromatic carbocycles. The van der Waals surface area contributed by atoms with Crippen LogP contribution in [0.3, 0.4) is 0 Å². The molecule has 0 bridgehead atoms. The fourth-order valence-electron chi connectivity index (χ4n) is 1.28. The van der Waals surface area contributed by atoms with Crippen LogP contribution in [-0.4, -0.2) is 0 Å². The topological polar surface area (TPSA) is 18.5 Å². The molecular formula is C14H9BrF2O2. The van der Waals surface area contributed by atoms with Gasteiger partial charge in [-0.1, -0.05) is 34.1 Å². The minimum Gasteiger partial charge on any atom is -0.427 e. The summed E-state index contributed by atoms with van der Waals surface area (Å²) in [5.41, 5.74) is 0. The number of hydrogen-bond acceptors (Lipinski definition) is 2. The fourth-order valence-corrected chi connectivity index (χ4v) is 1.54. The van der Waals surface area contributed by atoms with Crippen LogP contribution in [-0.2, 0) is 0 Å². The summed E-state index contributed by atoms with van der Waals surface area (Å²) in [6.07, 6.45) is 0. The average Bonchev–Trinajstić information content (AvgIpc) is 2.42. The Morgan fingerprint density at radius 2 is 1.21 bits per heavy atom. The van der Waals surface area contributed by atoms with Crippen LogP contribution in [0.15, 0.2) is 71.1 Å². The molecule has 98 valence electrons. The second-order valence-electron chi connectivity index (χ2n) is 3.52. The zero-order valence-electron chi connectivity index (χ0n) is 9.65. The molecule has 5 heteroatoms. The van der Waals surface area contributed by atoms with Crippen molar-refractivity contribution in [3.63, 3.8) is 0 Å². The minimum atomic E-state index is -1.42. The summed E-state index contributed by atoms with van der Waals surface area (Å²) < 4.78 is 37.0. The molecule has 0 N–H and O–H groups in total. The van der Waals surface area contributed by atoms with Gasteiger partial charge >= 0.3 is 12.0 Å². The van der Waals surface area contributed by atoms with E-state index >= 15 is 0 Å². The predicted octanol–water partition coefficient (Wildman–Crippen LogP) is 4.97. The number of ether oxygens (including phenoxy) is 2. The summed E-state index contributed by atoms with van der Waals surface area (Å²) in [4.78, 5) is 0. The normalized spacial score (nSPS) is 11.7. The predicted molar refractivity (Wildman–Crippen MR) is 71.1 cm³/mol. The van der Waals surface area contributed by atoms with Crippen molar-refractivity contribution in [2.45, 2.75) is 0 Å². The van der Waals surface area contributed by atoms with Crippen LogP contribution in [0.5, 0.6) is 11.5 Å². The molecular weight excluding hydrogens is 318 g/mol. The standard InChI is InChI=1S/C14H9BrF2O2/c15-10-6-8-12(9-7-10)19-14(17)13(16)18-11-4-2-1-3-5-11/h1-9H/b14-13-. The maximum Gasteiger partial charge on any atom is 0.352 e. The lowest BCUT2D eigenvalue weighted by Crippen LogP contribution is -1.98. The quantitative estimate of drug-likeness (QED) is 0.738. The second kappa shape index (κ2) is 6.33. The SMILES string of the molecule is F/C(Oc1ccccc1)=C(\F)Oc1ccc(Br)cc1. The van der Waals surface area contributed by atoms with Gasteiger partial charge in [0.2, 0.25) is 0 Å². The third-order valence-electron chi connectivity index (χ3n) is 2.13. The minimum absolute atomic E-state index is 0.174. The van der Waals surface area contributed by atoms with Crippen LogP contribution in [0, 0.1) is 0 Å². The molecule has 0 aliphatic carbocycles. The maximum absolute atomic E-state index is 13.4. The van der Waals surface area contributed by atoms with Crippen LogP contribution >= 0.6 is 15.9 Å². The maximum atomic E-state index is 13.4. The van der Waals surface area contributed by atoms with Crippen molar-refractivity contribution in [1.29, 1.82) is 0 Å². The molecule has 2 aromatic rings. The van der Waals surface area contributed by atoms with Crippen LogP contribution in [0.1, 0.15) is 0 Å². The molecule has 0 aromatic heterocycles. The first-order valence-corrected chi connectivity index (χ1v) is 6.16. The highest BCUT2D eigenvalue weighted by atomic mass is 79.9. The van der Waals surface area contributed by atoms with Gasteiger partial charge < -0.3 is 9.47 Å².